The fourth-order valence-electron chi connectivity index (χ4n) is 8.32. The van der Waals surface area contributed by atoms with Crippen LogP contribution >= 0.6 is 0 Å². The van der Waals surface area contributed by atoms with Crippen LogP contribution in [0, 0.1) is 41.4 Å². The summed E-state index contributed by atoms with van der Waals surface area (Å²) in [7, 11) is 2.22. The van der Waals surface area contributed by atoms with Crippen LogP contribution < -0.4 is 16.0 Å². The monoisotopic (exact) mass is 629 g/mol. The number of nitrogens with one attached hydrogen (secondary N) is 3. The molecule has 9 nitrogen and oxygen atoms in total. The van der Waals surface area contributed by atoms with Crippen molar-refractivity contribution in [3.63, 3.8) is 0 Å². The SMILES string of the molecule is CC(C)[C@H]1[C@@H](CO)ON(CC2CCCC(C#CCNC(=O)NCC3CCCCC3)C2)[C@H]1C(=O)NCCCN(C)C1CCCCC1. The standard InChI is InChI=1S/C36H63N5O4/c1-27(2)33-32(26-42)45-41(34(33)35(43)37-21-12-22-40(3)31-18-8-5-9-19-31)25-30-16-10-15-28(23-30)17-11-20-38-36(44)39-24-29-13-6-4-7-14-29/h27-34,42H,4-10,12-16,18-26H2,1-3H3,(H,37,43)(H2,38,39,44)/t28?,30?,32-,33+,34-/m1/s1. The van der Waals surface area contributed by atoms with Crippen molar-refractivity contribution < 1.29 is 19.5 Å². The second-order valence-corrected chi connectivity index (χ2v) is 14.7. The number of aliphatic hydroxyl groups excluding tert-OH is 1. The second-order valence-electron chi connectivity index (χ2n) is 14.7. The first kappa shape index (κ1) is 36.0. The largest absolute Gasteiger partial charge is 0.394 e. The molecular formula is C36H63N5O4. The zero-order chi connectivity index (χ0) is 32.0. The van der Waals surface area contributed by atoms with Crippen molar-refractivity contribution in [1.82, 2.24) is 25.9 Å². The summed E-state index contributed by atoms with van der Waals surface area (Å²) in [5.41, 5.74) is 0. The highest BCUT2D eigenvalue weighted by Gasteiger charge is 2.48. The molecule has 0 aromatic rings. The summed E-state index contributed by atoms with van der Waals surface area (Å²) in [5, 5.41) is 21.2. The number of carbonyl (C=O) groups excluding carboxylic acids is 2. The summed E-state index contributed by atoms with van der Waals surface area (Å²) in [6.45, 7) is 7.59. The first-order chi connectivity index (χ1) is 21.9. The molecule has 3 saturated carbocycles. The van der Waals surface area contributed by atoms with Gasteiger partial charge in [-0.25, -0.2) is 4.79 Å². The van der Waals surface area contributed by atoms with Crippen LogP contribution in [0.3, 0.4) is 0 Å². The van der Waals surface area contributed by atoms with Crippen LogP contribution in [0.1, 0.15) is 110 Å². The number of rotatable bonds is 13. The van der Waals surface area contributed by atoms with E-state index in [2.05, 4.69) is 53.6 Å². The number of urea groups is 1. The number of nitrogens with zero attached hydrogens (tertiary/aromatic N) is 2. The average molecular weight is 630 g/mol. The Morgan fingerprint density at radius 3 is 2.36 bits per heavy atom. The van der Waals surface area contributed by atoms with Crippen LogP contribution in [0.15, 0.2) is 0 Å². The van der Waals surface area contributed by atoms with E-state index >= 15 is 0 Å². The van der Waals surface area contributed by atoms with E-state index in [1.807, 2.05) is 5.06 Å². The van der Waals surface area contributed by atoms with Crippen molar-refractivity contribution in [2.45, 2.75) is 128 Å². The van der Waals surface area contributed by atoms with Gasteiger partial charge in [-0.2, -0.15) is 5.06 Å². The Hall–Kier alpha value is -1.86. The predicted molar refractivity (Wildman–Crippen MR) is 179 cm³/mol. The van der Waals surface area contributed by atoms with Gasteiger partial charge < -0.3 is 26.0 Å². The first-order valence-corrected chi connectivity index (χ1v) is 18.4. The van der Waals surface area contributed by atoms with Gasteiger partial charge in [0, 0.05) is 37.5 Å². The molecule has 4 fully saturated rings. The van der Waals surface area contributed by atoms with Gasteiger partial charge in [0.15, 0.2) is 0 Å². The molecular weight excluding hydrogens is 566 g/mol. The molecule has 4 rings (SSSR count). The molecule has 9 heteroatoms. The number of amides is 3. The maximum absolute atomic E-state index is 13.7. The molecule has 45 heavy (non-hydrogen) atoms. The lowest BCUT2D eigenvalue weighted by molar-refractivity contribution is -0.183. The molecule has 0 radical (unpaired) electrons. The summed E-state index contributed by atoms with van der Waals surface area (Å²) in [4.78, 5) is 34.6. The van der Waals surface area contributed by atoms with E-state index in [0.717, 1.165) is 45.2 Å². The first-order valence-electron chi connectivity index (χ1n) is 18.4. The second kappa shape index (κ2) is 19.1. The molecule has 0 aromatic carbocycles. The van der Waals surface area contributed by atoms with Gasteiger partial charge in [0.1, 0.15) is 12.1 Å². The molecule has 1 heterocycles. The van der Waals surface area contributed by atoms with Crippen molar-refractivity contribution in [1.29, 1.82) is 0 Å². The Kier molecular flexibility index (Phi) is 15.3. The lowest BCUT2D eigenvalue weighted by Crippen LogP contribution is -2.49. The van der Waals surface area contributed by atoms with E-state index in [9.17, 15) is 14.7 Å². The highest BCUT2D eigenvalue weighted by molar-refractivity contribution is 5.82. The minimum Gasteiger partial charge on any atom is -0.394 e. The van der Waals surface area contributed by atoms with Gasteiger partial charge in [0.2, 0.25) is 5.91 Å². The van der Waals surface area contributed by atoms with Crippen molar-refractivity contribution in [2.75, 3.05) is 46.4 Å². The fraction of sp³-hybridized carbons (Fsp3) is 0.889. The van der Waals surface area contributed by atoms with E-state index in [1.165, 1.54) is 64.2 Å². The molecule has 0 aromatic heterocycles. The molecule has 1 saturated heterocycles. The van der Waals surface area contributed by atoms with Crippen LogP contribution in [-0.2, 0) is 9.63 Å². The quantitative estimate of drug-likeness (QED) is 0.174. The number of carbonyl (C=O) groups is 2. The molecule has 4 aliphatic rings. The summed E-state index contributed by atoms with van der Waals surface area (Å²) in [6.07, 6.45) is 17.7. The smallest absolute Gasteiger partial charge is 0.315 e. The van der Waals surface area contributed by atoms with Crippen LogP contribution in [0.2, 0.25) is 0 Å². The number of hydroxylamine groups is 2. The van der Waals surface area contributed by atoms with Crippen LogP contribution in [0.4, 0.5) is 4.79 Å². The maximum atomic E-state index is 13.7. The lowest BCUT2D eigenvalue weighted by Gasteiger charge is -2.33. The highest BCUT2D eigenvalue weighted by Crippen LogP contribution is 2.37. The van der Waals surface area contributed by atoms with Gasteiger partial charge in [-0.15, -0.1) is 0 Å². The lowest BCUT2D eigenvalue weighted by atomic mass is 9.80. The van der Waals surface area contributed by atoms with E-state index in [-0.39, 0.29) is 42.4 Å². The summed E-state index contributed by atoms with van der Waals surface area (Å²) >= 11 is 0. The Balaban J connectivity index is 1.23. The topological polar surface area (TPSA) is 106 Å². The number of hydrogen-bond acceptors (Lipinski definition) is 6. The van der Waals surface area contributed by atoms with Crippen LogP contribution in [-0.4, -0.2) is 91.6 Å². The minimum absolute atomic E-state index is 0.0185. The zero-order valence-electron chi connectivity index (χ0n) is 28.5. The van der Waals surface area contributed by atoms with E-state index in [4.69, 9.17) is 4.84 Å². The molecule has 0 bridgehead atoms. The fourth-order valence-corrected chi connectivity index (χ4v) is 8.32. The normalized spacial score (nSPS) is 28.5. The van der Waals surface area contributed by atoms with Crippen LogP contribution in [0.25, 0.3) is 0 Å². The summed E-state index contributed by atoms with van der Waals surface area (Å²) in [6, 6.07) is 0.154. The van der Waals surface area contributed by atoms with E-state index in [0.29, 0.717) is 37.5 Å². The van der Waals surface area contributed by atoms with Crippen molar-refractivity contribution in [3.05, 3.63) is 0 Å². The average Bonchev–Trinajstić information content (AvgIpc) is 3.43. The molecule has 3 aliphatic carbocycles. The third-order valence-corrected chi connectivity index (χ3v) is 10.9. The molecule has 4 N–H and O–H groups in total. The van der Waals surface area contributed by atoms with Crippen molar-refractivity contribution in [2.24, 2.45) is 29.6 Å². The zero-order valence-corrected chi connectivity index (χ0v) is 28.5. The Bertz CT molecular complexity index is 955. The molecule has 256 valence electrons. The third-order valence-electron chi connectivity index (χ3n) is 10.9. The third kappa shape index (κ3) is 11.4. The predicted octanol–water partition coefficient (Wildman–Crippen LogP) is 4.70. The Morgan fingerprint density at radius 1 is 0.933 bits per heavy atom. The van der Waals surface area contributed by atoms with Crippen molar-refractivity contribution >= 4 is 11.9 Å². The van der Waals surface area contributed by atoms with Gasteiger partial charge in [-0.1, -0.05) is 70.6 Å². The van der Waals surface area contributed by atoms with Gasteiger partial charge >= 0.3 is 6.03 Å². The maximum Gasteiger partial charge on any atom is 0.315 e. The van der Waals surface area contributed by atoms with E-state index in [1.54, 1.807) is 0 Å². The Labute approximate surface area is 273 Å². The molecule has 2 unspecified atom stereocenters. The van der Waals surface area contributed by atoms with Crippen LogP contribution in [0.5, 0.6) is 0 Å². The van der Waals surface area contributed by atoms with Gasteiger partial charge in [0.05, 0.1) is 13.2 Å². The Morgan fingerprint density at radius 2 is 1.64 bits per heavy atom. The number of hydrogen-bond donors (Lipinski definition) is 4. The number of aliphatic hydroxyl groups is 1. The van der Waals surface area contributed by atoms with Crippen molar-refractivity contribution in [3.8, 4) is 11.8 Å². The van der Waals surface area contributed by atoms with Gasteiger partial charge in [-0.05, 0) is 82.7 Å². The van der Waals surface area contributed by atoms with Gasteiger partial charge in [0.25, 0.3) is 0 Å². The van der Waals surface area contributed by atoms with E-state index < -0.39 is 6.04 Å². The minimum atomic E-state index is -0.402. The van der Waals surface area contributed by atoms with Gasteiger partial charge in [-0.3, -0.25) is 9.63 Å². The molecule has 5 atom stereocenters. The molecule has 1 aliphatic heterocycles. The molecule has 0 spiro atoms. The molecule has 3 amide bonds. The summed E-state index contributed by atoms with van der Waals surface area (Å²) < 4.78 is 0. The summed E-state index contributed by atoms with van der Waals surface area (Å²) in [5.74, 6) is 8.03. The highest BCUT2D eigenvalue weighted by atomic mass is 16.7.